The molecule has 0 aromatic heterocycles. The number of amides is 2. The first-order valence-corrected chi connectivity index (χ1v) is 8.96. The smallest absolute Gasteiger partial charge is 0.407 e. The Balaban J connectivity index is 1.32. The molecule has 5 nitrogen and oxygen atoms in total. The number of likely N-dealkylation sites (tertiary alicyclic amines) is 1. The molecule has 1 saturated carbocycles. The van der Waals surface area contributed by atoms with Crippen molar-refractivity contribution < 1.29 is 18.7 Å². The molecule has 1 N–H and O–H groups in total. The second-order valence-electron chi connectivity index (χ2n) is 7.66. The van der Waals surface area contributed by atoms with E-state index >= 15 is 0 Å². The first-order valence-electron chi connectivity index (χ1n) is 8.96. The number of nitrogens with zero attached hydrogens (tertiary/aromatic N) is 1. The average molecular weight is 346 g/mol. The molecule has 134 valence electrons. The Morgan fingerprint density at radius 1 is 1.32 bits per heavy atom. The molecular formula is C19H23FN2O3. The highest BCUT2D eigenvalue weighted by atomic mass is 19.1. The van der Waals surface area contributed by atoms with Crippen molar-refractivity contribution in [3.8, 4) is 0 Å². The lowest BCUT2D eigenvalue weighted by Crippen LogP contribution is -2.58. The SMILES string of the molecule is Cc1cccc(C2CCN(C(=O)C3CC4(COC(=O)N4)C3)CC2)c1F. The topological polar surface area (TPSA) is 58.6 Å². The van der Waals surface area contributed by atoms with Gasteiger partial charge in [0, 0.05) is 19.0 Å². The Hall–Kier alpha value is -2.11. The lowest BCUT2D eigenvalue weighted by Gasteiger charge is -2.45. The van der Waals surface area contributed by atoms with E-state index in [-0.39, 0.29) is 35.2 Å². The summed E-state index contributed by atoms with van der Waals surface area (Å²) in [5.41, 5.74) is 1.14. The number of aryl methyl sites for hydroxylation is 1. The number of rotatable bonds is 2. The first kappa shape index (κ1) is 16.4. The third-order valence-electron chi connectivity index (χ3n) is 5.94. The van der Waals surface area contributed by atoms with E-state index in [1.165, 1.54) is 0 Å². The molecule has 2 amide bonds. The van der Waals surface area contributed by atoms with Gasteiger partial charge in [-0.3, -0.25) is 4.79 Å². The molecule has 25 heavy (non-hydrogen) atoms. The Bertz CT molecular complexity index is 707. The molecule has 6 heteroatoms. The standard InChI is InChI=1S/C19H23FN2O3/c1-12-3-2-4-15(16(12)20)13-5-7-22(8-6-13)17(23)14-9-19(10-14)11-25-18(24)21-19/h2-4,13-14H,5-11H2,1H3,(H,21,24). The van der Waals surface area contributed by atoms with Crippen LogP contribution in [0.2, 0.25) is 0 Å². The van der Waals surface area contributed by atoms with Crippen molar-refractivity contribution in [1.82, 2.24) is 10.2 Å². The predicted octanol–water partition coefficient (Wildman–Crippen LogP) is 2.73. The minimum absolute atomic E-state index is 0.0331. The van der Waals surface area contributed by atoms with Gasteiger partial charge in [0.1, 0.15) is 12.4 Å². The van der Waals surface area contributed by atoms with Gasteiger partial charge < -0.3 is 15.0 Å². The van der Waals surface area contributed by atoms with Gasteiger partial charge in [0.15, 0.2) is 0 Å². The number of carbonyl (C=O) groups is 2. The summed E-state index contributed by atoms with van der Waals surface area (Å²) in [5, 5.41) is 2.82. The van der Waals surface area contributed by atoms with Crippen LogP contribution in [0.15, 0.2) is 18.2 Å². The van der Waals surface area contributed by atoms with Crippen molar-refractivity contribution in [2.75, 3.05) is 19.7 Å². The number of benzene rings is 1. The molecule has 4 rings (SSSR count). The highest BCUT2D eigenvalue weighted by molar-refractivity contribution is 5.81. The zero-order chi connectivity index (χ0) is 17.6. The molecule has 0 atom stereocenters. The monoisotopic (exact) mass is 346 g/mol. The zero-order valence-electron chi connectivity index (χ0n) is 14.4. The van der Waals surface area contributed by atoms with Crippen LogP contribution < -0.4 is 5.32 Å². The van der Waals surface area contributed by atoms with Gasteiger partial charge in [-0.2, -0.15) is 0 Å². The number of halogens is 1. The number of alkyl carbamates (subject to hydrolysis) is 1. The Labute approximate surface area is 146 Å². The van der Waals surface area contributed by atoms with Gasteiger partial charge in [0.2, 0.25) is 5.91 Å². The quantitative estimate of drug-likeness (QED) is 0.896. The van der Waals surface area contributed by atoms with Crippen molar-refractivity contribution >= 4 is 12.0 Å². The van der Waals surface area contributed by atoms with Gasteiger partial charge in [-0.15, -0.1) is 0 Å². The van der Waals surface area contributed by atoms with E-state index in [1.807, 2.05) is 17.0 Å². The molecule has 1 aromatic rings. The largest absolute Gasteiger partial charge is 0.447 e. The van der Waals surface area contributed by atoms with Crippen molar-refractivity contribution in [2.45, 2.75) is 44.1 Å². The van der Waals surface area contributed by atoms with Crippen LogP contribution in [-0.2, 0) is 9.53 Å². The van der Waals surface area contributed by atoms with Gasteiger partial charge in [-0.25, -0.2) is 9.18 Å². The minimum Gasteiger partial charge on any atom is -0.447 e. The molecule has 0 unspecified atom stereocenters. The molecule has 2 aliphatic heterocycles. The Morgan fingerprint density at radius 2 is 2.04 bits per heavy atom. The van der Waals surface area contributed by atoms with Crippen molar-refractivity contribution in [3.05, 3.63) is 35.1 Å². The van der Waals surface area contributed by atoms with Crippen LogP contribution in [0.3, 0.4) is 0 Å². The Kier molecular flexibility index (Phi) is 3.93. The van der Waals surface area contributed by atoms with E-state index in [9.17, 15) is 14.0 Å². The number of carbonyl (C=O) groups excluding carboxylic acids is 2. The van der Waals surface area contributed by atoms with E-state index in [2.05, 4.69) is 5.32 Å². The highest BCUT2D eigenvalue weighted by Crippen LogP contribution is 2.42. The number of hydrogen-bond acceptors (Lipinski definition) is 3. The van der Waals surface area contributed by atoms with Crippen LogP contribution in [0.1, 0.15) is 42.7 Å². The fraction of sp³-hybridized carbons (Fsp3) is 0.579. The highest BCUT2D eigenvalue weighted by Gasteiger charge is 2.53. The summed E-state index contributed by atoms with van der Waals surface area (Å²) in [5.74, 6) is 0.202. The van der Waals surface area contributed by atoms with Crippen LogP contribution in [0, 0.1) is 18.7 Å². The number of ether oxygens (including phenoxy) is 1. The van der Waals surface area contributed by atoms with Crippen LogP contribution in [0.5, 0.6) is 0 Å². The van der Waals surface area contributed by atoms with Gasteiger partial charge >= 0.3 is 6.09 Å². The summed E-state index contributed by atoms with van der Waals surface area (Å²) < 4.78 is 19.3. The maximum absolute atomic E-state index is 14.3. The second kappa shape index (κ2) is 6.00. The molecule has 1 spiro atoms. The number of hydrogen-bond donors (Lipinski definition) is 1. The molecule has 3 aliphatic rings. The van der Waals surface area contributed by atoms with Crippen molar-refractivity contribution in [2.24, 2.45) is 5.92 Å². The van der Waals surface area contributed by atoms with E-state index < -0.39 is 0 Å². The molecular weight excluding hydrogens is 323 g/mol. The summed E-state index contributed by atoms with van der Waals surface area (Å²) in [4.78, 5) is 25.8. The van der Waals surface area contributed by atoms with Gasteiger partial charge in [-0.1, -0.05) is 18.2 Å². The predicted molar refractivity (Wildman–Crippen MR) is 89.6 cm³/mol. The summed E-state index contributed by atoms with van der Waals surface area (Å²) in [6, 6.07) is 5.55. The first-order chi connectivity index (χ1) is 12.0. The van der Waals surface area contributed by atoms with Gasteiger partial charge in [0.05, 0.1) is 5.54 Å². The maximum atomic E-state index is 14.3. The lowest BCUT2D eigenvalue weighted by atomic mass is 9.68. The lowest BCUT2D eigenvalue weighted by molar-refractivity contribution is -0.142. The molecule has 2 heterocycles. The maximum Gasteiger partial charge on any atom is 0.407 e. The van der Waals surface area contributed by atoms with E-state index in [0.717, 1.165) is 18.4 Å². The fourth-order valence-electron chi connectivity index (χ4n) is 4.42. The summed E-state index contributed by atoms with van der Waals surface area (Å²) in [6.07, 6.45) is 2.52. The van der Waals surface area contributed by atoms with Gasteiger partial charge in [0.25, 0.3) is 0 Å². The molecule has 0 bridgehead atoms. The molecule has 1 aliphatic carbocycles. The van der Waals surface area contributed by atoms with Crippen LogP contribution in [-0.4, -0.2) is 42.1 Å². The molecule has 2 saturated heterocycles. The van der Waals surface area contributed by atoms with E-state index in [0.29, 0.717) is 38.1 Å². The minimum atomic E-state index is -0.383. The van der Waals surface area contributed by atoms with Crippen LogP contribution in [0.4, 0.5) is 9.18 Å². The second-order valence-corrected chi connectivity index (χ2v) is 7.66. The molecule has 1 aromatic carbocycles. The fourth-order valence-corrected chi connectivity index (χ4v) is 4.42. The number of cyclic esters (lactones) is 1. The van der Waals surface area contributed by atoms with Crippen LogP contribution >= 0.6 is 0 Å². The average Bonchev–Trinajstić information content (AvgIpc) is 2.98. The third kappa shape index (κ3) is 2.87. The normalized spacial score (nSPS) is 29.3. The summed E-state index contributed by atoms with van der Waals surface area (Å²) in [6.45, 7) is 3.49. The summed E-state index contributed by atoms with van der Waals surface area (Å²) in [7, 11) is 0. The van der Waals surface area contributed by atoms with Gasteiger partial charge in [-0.05, 0) is 49.7 Å². The van der Waals surface area contributed by atoms with E-state index in [4.69, 9.17) is 4.74 Å². The number of nitrogens with one attached hydrogen (secondary N) is 1. The molecule has 0 radical (unpaired) electrons. The summed E-state index contributed by atoms with van der Waals surface area (Å²) >= 11 is 0. The van der Waals surface area contributed by atoms with Crippen molar-refractivity contribution in [3.63, 3.8) is 0 Å². The number of piperidine rings is 1. The van der Waals surface area contributed by atoms with E-state index in [1.54, 1.807) is 13.0 Å². The zero-order valence-corrected chi connectivity index (χ0v) is 14.4. The molecule has 3 fully saturated rings. The Morgan fingerprint density at radius 3 is 2.68 bits per heavy atom. The third-order valence-corrected chi connectivity index (χ3v) is 5.94. The van der Waals surface area contributed by atoms with Crippen LogP contribution in [0.25, 0.3) is 0 Å². The van der Waals surface area contributed by atoms with Crippen molar-refractivity contribution in [1.29, 1.82) is 0 Å².